The summed E-state index contributed by atoms with van der Waals surface area (Å²) in [6, 6.07) is 3.08. The Kier molecular flexibility index (Phi) is 11.2. The van der Waals surface area contributed by atoms with E-state index in [0.29, 0.717) is 23.5 Å². The van der Waals surface area contributed by atoms with Gasteiger partial charge in [-0.1, -0.05) is 0 Å². The van der Waals surface area contributed by atoms with Crippen LogP contribution in [0.5, 0.6) is 0 Å². The largest absolute Gasteiger partial charge is 1.00 e. The number of fused-ring (bicyclic) bond motifs is 2. The monoisotopic (exact) mass is 534 g/mol. The van der Waals surface area contributed by atoms with Crippen LogP contribution in [0.1, 0.15) is 53.3 Å². The third kappa shape index (κ3) is 7.45. The van der Waals surface area contributed by atoms with E-state index in [9.17, 15) is 9.59 Å². The molecule has 4 aromatic heterocycles. The Morgan fingerprint density at radius 1 is 0.923 bits per heavy atom. The first-order valence-corrected chi connectivity index (χ1v) is 12.1. The molecule has 0 bridgehead atoms. The molecular formula is C24H31LiN8O6. The Labute approximate surface area is 236 Å². The molecule has 0 amide bonds. The van der Waals surface area contributed by atoms with E-state index in [1.165, 1.54) is 42.5 Å². The smallest absolute Gasteiger partial charge is 0.870 e. The number of carbonyl (C=O) groups excluding carboxylic acids is 1. The van der Waals surface area contributed by atoms with Crippen LogP contribution < -0.4 is 29.5 Å². The Bertz CT molecular complexity index is 1400. The quantitative estimate of drug-likeness (QED) is 0.175. The number of aromatic carboxylic acids is 1. The maximum Gasteiger partial charge on any atom is 1.00 e. The van der Waals surface area contributed by atoms with Crippen molar-refractivity contribution in [3.05, 3.63) is 48.0 Å². The van der Waals surface area contributed by atoms with Gasteiger partial charge in [-0.15, -0.1) is 0 Å². The fourth-order valence-corrected chi connectivity index (χ4v) is 3.71. The second-order valence-electron chi connectivity index (χ2n) is 8.92. The summed E-state index contributed by atoms with van der Waals surface area (Å²) in [5.74, 6) is 1.70. The number of nitrogens with zero attached hydrogens (tertiary/aromatic N) is 6. The zero-order valence-electron chi connectivity index (χ0n) is 21.9. The maximum atomic E-state index is 11.8. The molecule has 4 heterocycles. The molecule has 0 aromatic carbocycles. The topological polar surface area (TPSA) is 210 Å². The second-order valence-corrected chi connectivity index (χ2v) is 8.92. The first kappa shape index (κ1) is 31.5. The van der Waals surface area contributed by atoms with Crippen LogP contribution in [0.3, 0.4) is 0 Å². The number of hydrogen-bond acceptors (Lipinski definition) is 10. The molecule has 2 saturated carbocycles. The first-order valence-electron chi connectivity index (χ1n) is 12.1. The van der Waals surface area contributed by atoms with Crippen LogP contribution in [0.4, 0.5) is 11.6 Å². The first-order chi connectivity index (χ1) is 17.5. The van der Waals surface area contributed by atoms with E-state index in [2.05, 4.69) is 30.8 Å². The number of anilines is 2. The molecule has 39 heavy (non-hydrogen) atoms. The predicted octanol–water partition coefficient (Wildman–Crippen LogP) is -1.02. The molecule has 0 spiro atoms. The van der Waals surface area contributed by atoms with Crippen molar-refractivity contribution in [1.82, 2.24) is 29.2 Å². The van der Waals surface area contributed by atoms with Gasteiger partial charge in [0.25, 0.3) is 0 Å². The molecule has 0 unspecified atom stereocenters. The van der Waals surface area contributed by atoms with Crippen molar-refractivity contribution in [2.24, 2.45) is 11.8 Å². The van der Waals surface area contributed by atoms with Crippen LogP contribution >= 0.6 is 0 Å². The van der Waals surface area contributed by atoms with Gasteiger partial charge in [0.2, 0.25) is 0 Å². The van der Waals surface area contributed by atoms with Gasteiger partial charge in [0.05, 0.1) is 19.0 Å². The summed E-state index contributed by atoms with van der Waals surface area (Å²) >= 11 is 0. The summed E-state index contributed by atoms with van der Waals surface area (Å²) in [5.41, 5.74) is 1.51. The average Bonchev–Trinajstić information content (AvgIpc) is 3.81. The van der Waals surface area contributed by atoms with Gasteiger partial charge in [0.1, 0.15) is 22.8 Å². The number of hydrogen-bond donors (Lipinski definition) is 3. The molecule has 4 aromatic rings. The zero-order chi connectivity index (χ0) is 25.1. The summed E-state index contributed by atoms with van der Waals surface area (Å²) < 4.78 is 8.19. The van der Waals surface area contributed by atoms with Crippen LogP contribution in [0.15, 0.2) is 36.9 Å². The van der Waals surface area contributed by atoms with Crippen molar-refractivity contribution in [3.63, 3.8) is 0 Å². The van der Waals surface area contributed by atoms with Crippen molar-refractivity contribution in [1.29, 1.82) is 0 Å². The van der Waals surface area contributed by atoms with E-state index in [-0.39, 0.29) is 41.3 Å². The van der Waals surface area contributed by atoms with E-state index in [4.69, 9.17) is 9.84 Å². The van der Waals surface area contributed by atoms with Crippen molar-refractivity contribution in [3.8, 4) is 0 Å². The summed E-state index contributed by atoms with van der Waals surface area (Å²) in [7, 11) is 0. The standard InChI is InChI=1S/C13H16N4O2.C11H12N4O2.Li.2H2O/c1-2-19-13(18)10-5-6-16-17-11(8-15-12(10)17)14-7-9-3-4-9;16-11(17)8-3-4-14-15-9(6-13-10(8)15)12-5-7-1-2-7;;;/h5-6,8-9,14H,2-4,7H2,1H3;3-4,6-7,12H,1-2,5H2,(H,16,17);;2*1H2/q;;+1;;/p-1. The summed E-state index contributed by atoms with van der Waals surface area (Å²) in [4.78, 5) is 31.2. The molecule has 0 saturated heterocycles. The van der Waals surface area contributed by atoms with Crippen molar-refractivity contribution in [2.45, 2.75) is 32.6 Å². The van der Waals surface area contributed by atoms with Crippen molar-refractivity contribution < 1.29 is 49.2 Å². The van der Waals surface area contributed by atoms with Crippen molar-refractivity contribution in [2.75, 3.05) is 30.3 Å². The SMILES string of the molecule is CCOC(=O)c1ccnn2c(NCC3CC3)cnc12.O.O=C(O)c1ccnn2c(NCC3CC3)cnc12.[Li+].[OH-]. The van der Waals surface area contributed by atoms with Gasteiger partial charge in [0, 0.05) is 25.5 Å². The number of nitrogens with one attached hydrogen (secondary N) is 2. The van der Waals surface area contributed by atoms with Gasteiger partial charge >= 0.3 is 30.8 Å². The van der Waals surface area contributed by atoms with E-state index < -0.39 is 5.97 Å². The van der Waals surface area contributed by atoms with Crippen LogP contribution in [0.2, 0.25) is 0 Å². The van der Waals surface area contributed by atoms with Crippen LogP contribution in [-0.4, -0.2) is 76.9 Å². The van der Waals surface area contributed by atoms with Crippen LogP contribution in [0.25, 0.3) is 11.3 Å². The number of carboxylic acids is 1. The molecule has 204 valence electrons. The minimum Gasteiger partial charge on any atom is -0.870 e. The number of carbonyl (C=O) groups is 2. The minimum absolute atomic E-state index is 0. The van der Waals surface area contributed by atoms with Gasteiger partial charge in [0.15, 0.2) is 11.3 Å². The predicted molar refractivity (Wildman–Crippen MR) is 137 cm³/mol. The number of esters is 1. The Balaban J connectivity index is 0.000000255. The van der Waals surface area contributed by atoms with Gasteiger partial charge < -0.3 is 31.4 Å². The molecule has 14 nitrogen and oxygen atoms in total. The minimum atomic E-state index is -0.989. The fraction of sp³-hybridized carbons (Fsp3) is 0.417. The molecule has 6 rings (SSSR count). The summed E-state index contributed by atoms with van der Waals surface area (Å²) in [6.07, 6.45) is 11.5. The van der Waals surface area contributed by atoms with Gasteiger partial charge in [-0.2, -0.15) is 19.2 Å². The third-order valence-electron chi connectivity index (χ3n) is 6.07. The van der Waals surface area contributed by atoms with E-state index in [1.54, 1.807) is 36.1 Å². The van der Waals surface area contributed by atoms with E-state index in [0.717, 1.165) is 36.6 Å². The number of aromatic nitrogens is 6. The van der Waals surface area contributed by atoms with Gasteiger partial charge in [-0.05, 0) is 56.6 Å². The van der Waals surface area contributed by atoms with E-state index in [1.807, 2.05) is 0 Å². The molecule has 0 aliphatic heterocycles. The molecule has 2 fully saturated rings. The fourth-order valence-electron chi connectivity index (χ4n) is 3.71. The van der Waals surface area contributed by atoms with Gasteiger partial charge in [-0.25, -0.2) is 19.6 Å². The summed E-state index contributed by atoms with van der Waals surface area (Å²) in [5, 5.41) is 23.9. The molecule has 15 heteroatoms. The Hall–Kier alpha value is -3.70. The molecule has 0 atom stereocenters. The molecule has 6 N–H and O–H groups in total. The summed E-state index contributed by atoms with van der Waals surface area (Å²) in [6.45, 7) is 3.96. The number of rotatable bonds is 9. The zero-order valence-corrected chi connectivity index (χ0v) is 21.9. The van der Waals surface area contributed by atoms with E-state index >= 15 is 0 Å². The molecule has 2 aliphatic rings. The van der Waals surface area contributed by atoms with Gasteiger partial charge in [-0.3, -0.25) is 0 Å². The number of imidazole rings is 2. The normalized spacial score (nSPS) is 13.7. The molecule has 0 radical (unpaired) electrons. The molecular weight excluding hydrogens is 503 g/mol. The number of ether oxygens (including phenoxy) is 1. The number of carboxylic acid groups (broad SMARTS) is 1. The Morgan fingerprint density at radius 3 is 1.82 bits per heavy atom. The molecule has 2 aliphatic carbocycles. The van der Waals surface area contributed by atoms with Crippen molar-refractivity contribution >= 4 is 34.9 Å². The third-order valence-corrected chi connectivity index (χ3v) is 6.07. The second kappa shape index (κ2) is 13.9. The Morgan fingerprint density at radius 2 is 1.38 bits per heavy atom. The maximum absolute atomic E-state index is 11.8. The van der Waals surface area contributed by atoms with Crippen LogP contribution in [-0.2, 0) is 4.74 Å². The average molecular weight is 535 g/mol. The van der Waals surface area contributed by atoms with Crippen LogP contribution in [0, 0.1) is 11.8 Å².